The maximum Gasteiger partial charge on any atom is 0.234 e. The Labute approximate surface area is 148 Å². The first-order valence-corrected chi connectivity index (χ1v) is 8.42. The maximum absolute atomic E-state index is 12.0. The summed E-state index contributed by atoms with van der Waals surface area (Å²) in [7, 11) is 1.58. The van der Waals surface area contributed by atoms with E-state index in [-0.39, 0.29) is 11.7 Å². The Kier molecular flexibility index (Phi) is 5.53. The molecule has 0 saturated heterocycles. The van der Waals surface area contributed by atoms with Crippen LogP contribution in [0.25, 0.3) is 12.2 Å². The number of ether oxygens (including phenoxy) is 1. The Morgan fingerprint density at radius 2 is 2.28 bits per heavy atom. The molecule has 0 aliphatic rings. The van der Waals surface area contributed by atoms with Crippen LogP contribution in [-0.4, -0.2) is 34.0 Å². The summed E-state index contributed by atoms with van der Waals surface area (Å²) in [5.74, 6) is 2.06. The van der Waals surface area contributed by atoms with Crippen molar-refractivity contribution in [3.05, 3.63) is 54.2 Å². The number of hydrogen-bond donors (Lipinski definition) is 2. The van der Waals surface area contributed by atoms with Crippen molar-refractivity contribution in [1.82, 2.24) is 15.2 Å². The minimum absolute atomic E-state index is 0.143. The number of rotatable bonds is 7. The number of nitrogens with zero attached hydrogens (tertiary/aromatic N) is 2. The standard InChI is InChI=1S/C17H16N4O3S/c1-23-14-5-2-4-12(10-14)18-16(22)11-25-17-19-15(20-21-17)8-7-13-6-3-9-24-13/h2-10H,11H2,1H3,(H,18,22)(H,19,20,21)/b8-7+. The van der Waals surface area contributed by atoms with Crippen LogP contribution in [0, 0.1) is 0 Å². The first kappa shape index (κ1) is 16.8. The predicted molar refractivity (Wildman–Crippen MR) is 96.4 cm³/mol. The molecule has 3 aromatic rings. The Morgan fingerprint density at radius 1 is 1.36 bits per heavy atom. The van der Waals surface area contributed by atoms with Crippen molar-refractivity contribution in [3.8, 4) is 5.75 Å². The molecule has 0 atom stereocenters. The summed E-state index contributed by atoms with van der Waals surface area (Å²) in [6, 6.07) is 10.8. The highest BCUT2D eigenvalue weighted by molar-refractivity contribution is 7.99. The zero-order valence-electron chi connectivity index (χ0n) is 13.4. The Morgan fingerprint density at radius 3 is 3.08 bits per heavy atom. The second kappa shape index (κ2) is 8.20. The molecule has 3 rings (SSSR count). The maximum atomic E-state index is 12.0. The molecule has 0 radical (unpaired) electrons. The van der Waals surface area contributed by atoms with E-state index >= 15 is 0 Å². The monoisotopic (exact) mass is 356 g/mol. The molecule has 0 bridgehead atoms. The second-order valence-electron chi connectivity index (χ2n) is 4.92. The van der Waals surface area contributed by atoms with Gasteiger partial charge in [0.25, 0.3) is 0 Å². The number of aromatic amines is 1. The third-order valence-corrected chi connectivity index (χ3v) is 3.96. The molecule has 0 fully saturated rings. The van der Waals surface area contributed by atoms with Gasteiger partial charge in [0, 0.05) is 11.8 Å². The minimum Gasteiger partial charge on any atom is -0.497 e. The second-order valence-corrected chi connectivity index (χ2v) is 5.86. The summed E-state index contributed by atoms with van der Waals surface area (Å²) in [5.41, 5.74) is 0.682. The number of aromatic nitrogens is 3. The smallest absolute Gasteiger partial charge is 0.234 e. The van der Waals surface area contributed by atoms with Crippen molar-refractivity contribution in [2.75, 3.05) is 18.2 Å². The molecular weight excluding hydrogens is 340 g/mol. The molecule has 0 aliphatic heterocycles. The topological polar surface area (TPSA) is 93.0 Å². The molecule has 25 heavy (non-hydrogen) atoms. The van der Waals surface area contributed by atoms with E-state index in [1.54, 1.807) is 37.7 Å². The van der Waals surface area contributed by atoms with Crippen LogP contribution in [0.15, 0.2) is 52.2 Å². The van der Waals surface area contributed by atoms with Gasteiger partial charge in [-0.15, -0.1) is 5.10 Å². The fourth-order valence-electron chi connectivity index (χ4n) is 1.97. The zero-order valence-corrected chi connectivity index (χ0v) is 14.2. The number of anilines is 1. The molecule has 2 aromatic heterocycles. The number of thioether (sulfide) groups is 1. The van der Waals surface area contributed by atoms with Gasteiger partial charge in [-0.25, -0.2) is 4.98 Å². The van der Waals surface area contributed by atoms with Gasteiger partial charge in [-0.1, -0.05) is 17.8 Å². The van der Waals surface area contributed by atoms with Crippen LogP contribution < -0.4 is 10.1 Å². The SMILES string of the molecule is COc1cccc(NC(=O)CSc2n[nH]c(/C=C/c3ccco3)n2)c1. The predicted octanol–water partition coefficient (Wildman–Crippen LogP) is 3.31. The highest BCUT2D eigenvalue weighted by atomic mass is 32.2. The van der Waals surface area contributed by atoms with Crippen LogP contribution in [0.1, 0.15) is 11.6 Å². The molecule has 7 nitrogen and oxygen atoms in total. The van der Waals surface area contributed by atoms with Crippen LogP contribution >= 0.6 is 11.8 Å². The first-order chi connectivity index (χ1) is 12.2. The van der Waals surface area contributed by atoms with Gasteiger partial charge < -0.3 is 14.5 Å². The van der Waals surface area contributed by atoms with Crippen LogP contribution in [-0.2, 0) is 4.79 Å². The molecule has 8 heteroatoms. The third kappa shape index (κ3) is 4.98. The number of carbonyl (C=O) groups excluding carboxylic acids is 1. The number of hydrogen-bond acceptors (Lipinski definition) is 6. The van der Waals surface area contributed by atoms with Crippen LogP contribution in [0.4, 0.5) is 5.69 Å². The van der Waals surface area contributed by atoms with Crippen LogP contribution in [0.2, 0.25) is 0 Å². The van der Waals surface area contributed by atoms with E-state index in [1.165, 1.54) is 11.8 Å². The fourth-order valence-corrected chi connectivity index (χ4v) is 2.58. The molecular formula is C17H16N4O3S. The third-order valence-electron chi connectivity index (χ3n) is 3.12. The zero-order chi connectivity index (χ0) is 17.5. The number of nitrogens with one attached hydrogen (secondary N) is 2. The lowest BCUT2D eigenvalue weighted by Gasteiger charge is -2.05. The molecule has 128 valence electrons. The lowest BCUT2D eigenvalue weighted by atomic mass is 10.3. The van der Waals surface area contributed by atoms with Crippen LogP contribution in [0.5, 0.6) is 5.75 Å². The number of carbonyl (C=O) groups is 1. The largest absolute Gasteiger partial charge is 0.497 e. The van der Waals surface area contributed by atoms with Gasteiger partial charge >= 0.3 is 0 Å². The van der Waals surface area contributed by atoms with E-state index in [1.807, 2.05) is 24.3 Å². The molecule has 1 amide bonds. The average molecular weight is 356 g/mol. The van der Waals surface area contributed by atoms with E-state index in [4.69, 9.17) is 9.15 Å². The molecule has 0 saturated carbocycles. The van der Waals surface area contributed by atoms with Gasteiger partial charge in [0.2, 0.25) is 11.1 Å². The van der Waals surface area contributed by atoms with E-state index in [9.17, 15) is 4.79 Å². The van der Waals surface area contributed by atoms with Crippen molar-refractivity contribution in [3.63, 3.8) is 0 Å². The van der Waals surface area contributed by atoms with Gasteiger partial charge in [0.05, 0.1) is 19.1 Å². The fraction of sp³-hybridized carbons (Fsp3) is 0.118. The highest BCUT2D eigenvalue weighted by Crippen LogP contribution is 2.18. The minimum atomic E-state index is -0.143. The Balaban J connectivity index is 1.50. The lowest BCUT2D eigenvalue weighted by molar-refractivity contribution is -0.113. The lowest BCUT2D eigenvalue weighted by Crippen LogP contribution is -2.14. The molecule has 1 aromatic carbocycles. The van der Waals surface area contributed by atoms with Gasteiger partial charge in [-0.05, 0) is 36.4 Å². The summed E-state index contributed by atoms with van der Waals surface area (Å²) >= 11 is 1.25. The van der Waals surface area contributed by atoms with Crippen molar-refractivity contribution >= 4 is 35.5 Å². The highest BCUT2D eigenvalue weighted by Gasteiger charge is 2.08. The van der Waals surface area contributed by atoms with Crippen molar-refractivity contribution in [1.29, 1.82) is 0 Å². The van der Waals surface area contributed by atoms with E-state index in [0.717, 1.165) is 5.76 Å². The molecule has 0 spiro atoms. The average Bonchev–Trinajstić information content (AvgIpc) is 3.30. The number of furan rings is 1. The van der Waals surface area contributed by atoms with Gasteiger partial charge in [-0.3, -0.25) is 9.89 Å². The van der Waals surface area contributed by atoms with E-state index < -0.39 is 0 Å². The van der Waals surface area contributed by atoms with Crippen molar-refractivity contribution < 1.29 is 13.9 Å². The normalized spacial score (nSPS) is 10.9. The number of benzene rings is 1. The summed E-state index contributed by atoms with van der Waals surface area (Å²) in [4.78, 5) is 16.3. The summed E-state index contributed by atoms with van der Waals surface area (Å²) in [6.07, 6.45) is 5.14. The first-order valence-electron chi connectivity index (χ1n) is 7.43. The van der Waals surface area contributed by atoms with Crippen LogP contribution in [0.3, 0.4) is 0 Å². The number of methoxy groups -OCH3 is 1. The van der Waals surface area contributed by atoms with Crippen molar-refractivity contribution in [2.24, 2.45) is 0 Å². The quantitative estimate of drug-likeness (QED) is 0.631. The van der Waals surface area contributed by atoms with Gasteiger partial charge in [0.15, 0.2) is 0 Å². The van der Waals surface area contributed by atoms with E-state index in [2.05, 4.69) is 20.5 Å². The number of amides is 1. The Hall–Kier alpha value is -3.00. The molecule has 2 N–H and O–H groups in total. The van der Waals surface area contributed by atoms with Gasteiger partial charge in [-0.2, -0.15) is 0 Å². The molecule has 2 heterocycles. The number of H-pyrrole nitrogens is 1. The Bertz CT molecular complexity index is 858. The summed E-state index contributed by atoms with van der Waals surface area (Å²) in [5, 5.41) is 10.2. The van der Waals surface area contributed by atoms with E-state index in [0.29, 0.717) is 22.4 Å². The van der Waals surface area contributed by atoms with Gasteiger partial charge in [0.1, 0.15) is 17.3 Å². The van der Waals surface area contributed by atoms with Crippen molar-refractivity contribution in [2.45, 2.75) is 5.16 Å². The molecule has 0 unspecified atom stereocenters. The summed E-state index contributed by atoms with van der Waals surface area (Å²) in [6.45, 7) is 0. The molecule has 0 aliphatic carbocycles. The summed E-state index contributed by atoms with van der Waals surface area (Å²) < 4.78 is 10.3.